The SMILES string of the molecule is CCCOc1ccc(-c2nn(-c3ccccc3)cc2/C=C2\SC(=S)N(C(C)c3ccccc3)C2=O)cc1Cl. The summed E-state index contributed by atoms with van der Waals surface area (Å²) in [6.45, 7) is 4.64. The Labute approximate surface area is 237 Å². The lowest BCUT2D eigenvalue weighted by atomic mass is 10.1. The number of thioether (sulfide) groups is 1. The summed E-state index contributed by atoms with van der Waals surface area (Å²) in [4.78, 5) is 15.8. The number of para-hydroxylation sites is 1. The number of amides is 1. The van der Waals surface area contributed by atoms with E-state index in [1.807, 2.05) is 110 Å². The number of carbonyl (C=O) groups excluding carboxylic acids is 1. The normalized spacial score (nSPS) is 15.3. The lowest BCUT2D eigenvalue weighted by Gasteiger charge is -2.23. The molecule has 2 heterocycles. The van der Waals surface area contributed by atoms with Gasteiger partial charge in [0, 0.05) is 17.3 Å². The molecule has 1 aliphatic heterocycles. The minimum atomic E-state index is -0.171. The largest absolute Gasteiger partial charge is 0.492 e. The van der Waals surface area contributed by atoms with Crippen LogP contribution in [0, 0.1) is 0 Å². The van der Waals surface area contributed by atoms with E-state index in [2.05, 4.69) is 0 Å². The van der Waals surface area contributed by atoms with E-state index < -0.39 is 0 Å². The molecule has 0 aliphatic carbocycles. The number of halogens is 1. The maximum absolute atomic E-state index is 13.5. The number of aromatic nitrogens is 2. The van der Waals surface area contributed by atoms with Crippen LogP contribution in [-0.4, -0.2) is 31.5 Å². The number of carbonyl (C=O) groups is 1. The standard InChI is InChI=1S/C30H26ClN3O2S2/c1-3-16-36-26-15-14-22(17-25(26)31)28-23(19-33(32-28)24-12-8-5-9-13-24)18-27-29(35)34(30(37)38-27)20(2)21-10-6-4-7-11-21/h4-15,17-20H,3,16H2,1-2H3/b27-18-. The number of hydrogen-bond acceptors (Lipinski definition) is 5. The zero-order chi connectivity index (χ0) is 26.6. The first kappa shape index (κ1) is 26.2. The number of benzene rings is 3. The lowest BCUT2D eigenvalue weighted by molar-refractivity contribution is -0.123. The summed E-state index contributed by atoms with van der Waals surface area (Å²) in [5.41, 5.74) is 4.27. The van der Waals surface area contributed by atoms with Crippen molar-refractivity contribution in [1.29, 1.82) is 0 Å². The second-order valence-electron chi connectivity index (χ2n) is 8.85. The molecule has 8 heteroatoms. The smallest absolute Gasteiger partial charge is 0.266 e. The van der Waals surface area contributed by atoms with E-state index in [-0.39, 0.29) is 11.9 Å². The van der Waals surface area contributed by atoms with Crippen molar-refractivity contribution in [3.63, 3.8) is 0 Å². The summed E-state index contributed by atoms with van der Waals surface area (Å²) >= 11 is 13.5. The van der Waals surface area contributed by atoms with Crippen molar-refractivity contribution >= 4 is 51.9 Å². The highest BCUT2D eigenvalue weighted by Gasteiger charge is 2.36. The molecular weight excluding hydrogens is 534 g/mol. The summed E-state index contributed by atoms with van der Waals surface area (Å²) < 4.78 is 8.09. The molecule has 0 saturated carbocycles. The fraction of sp³-hybridized carbons (Fsp3) is 0.167. The van der Waals surface area contributed by atoms with Gasteiger partial charge in [0.1, 0.15) is 15.8 Å². The van der Waals surface area contributed by atoms with E-state index in [0.717, 1.165) is 28.8 Å². The Kier molecular flexibility index (Phi) is 7.98. The molecule has 1 unspecified atom stereocenters. The van der Waals surface area contributed by atoms with Crippen molar-refractivity contribution in [2.75, 3.05) is 6.61 Å². The van der Waals surface area contributed by atoms with Crippen LogP contribution in [0.15, 0.2) is 90.0 Å². The van der Waals surface area contributed by atoms with Gasteiger partial charge in [-0.2, -0.15) is 5.10 Å². The Morgan fingerprint density at radius 1 is 1.08 bits per heavy atom. The Balaban J connectivity index is 1.54. The second kappa shape index (κ2) is 11.6. The van der Waals surface area contributed by atoms with Gasteiger partial charge in [0.05, 0.1) is 28.3 Å². The van der Waals surface area contributed by atoms with Crippen LogP contribution in [0.25, 0.3) is 23.0 Å². The molecule has 0 bridgehead atoms. The quantitative estimate of drug-likeness (QED) is 0.162. The molecule has 5 nitrogen and oxygen atoms in total. The lowest BCUT2D eigenvalue weighted by Crippen LogP contribution is -2.30. The molecule has 1 aromatic heterocycles. The second-order valence-corrected chi connectivity index (χ2v) is 10.9. The highest BCUT2D eigenvalue weighted by atomic mass is 35.5. The number of nitrogens with zero attached hydrogens (tertiary/aromatic N) is 3. The van der Waals surface area contributed by atoms with Gasteiger partial charge >= 0.3 is 0 Å². The van der Waals surface area contributed by atoms with Gasteiger partial charge < -0.3 is 4.74 Å². The molecule has 192 valence electrons. The molecule has 0 radical (unpaired) electrons. The first-order chi connectivity index (χ1) is 18.5. The average molecular weight is 560 g/mol. The third-order valence-electron chi connectivity index (χ3n) is 6.21. The highest BCUT2D eigenvalue weighted by Crippen LogP contribution is 2.39. The third-order valence-corrected chi connectivity index (χ3v) is 7.84. The molecule has 4 aromatic rings. The molecular formula is C30H26ClN3O2S2. The summed E-state index contributed by atoms with van der Waals surface area (Å²) in [5.74, 6) is 0.521. The summed E-state index contributed by atoms with van der Waals surface area (Å²) in [6, 6.07) is 25.2. The van der Waals surface area contributed by atoms with E-state index in [1.165, 1.54) is 11.8 Å². The van der Waals surface area contributed by atoms with E-state index in [4.69, 9.17) is 33.7 Å². The Bertz CT molecular complexity index is 1500. The van der Waals surface area contributed by atoms with Crippen LogP contribution in [0.4, 0.5) is 0 Å². The minimum absolute atomic E-state index is 0.115. The Hall–Kier alpha value is -3.39. The number of rotatable bonds is 8. The van der Waals surface area contributed by atoms with E-state index >= 15 is 0 Å². The number of ether oxygens (including phenoxy) is 1. The topological polar surface area (TPSA) is 47.4 Å². The zero-order valence-electron chi connectivity index (χ0n) is 21.0. The maximum atomic E-state index is 13.5. The van der Waals surface area contributed by atoms with Crippen molar-refractivity contribution < 1.29 is 9.53 Å². The van der Waals surface area contributed by atoms with E-state index in [9.17, 15) is 4.79 Å². The van der Waals surface area contributed by atoms with Crippen LogP contribution in [-0.2, 0) is 4.79 Å². The molecule has 1 atom stereocenters. The third kappa shape index (κ3) is 5.41. The Morgan fingerprint density at radius 3 is 2.47 bits per heavy atom. The molecule has 1 fully saturated rings. The number of hydrogen-bond donors (Lipinski definition) is 0. The van der Waals surface area contributed by atoms with Crippen LogP contribution in [0.2, 0.25) is 5.02 Å². The molecule has 0 spiro atoms. The van der Waals surface area contributed by atoms with Gasteiger partial charge in [-0.05, 0) is 55.3 Å². The minimum Gasteiger partial charge on any atom is -0.492 e. The molecule has 0 N–H and O–H groups in total. The van der Waals surface area contributed by atoms with Crippen LogP contribution in [0.5, 0.6) is 5.75 Å². The first-order valence-electron chi connectivity index (χ1n) is 12.4. The molecule has 5 rings (SSSR count). The van der Waals surface area contributed by atoms with Gasteiger partial charge in [-0.15, -0.1) is 0 Å². The van der Waals surface area contributed by atoms with Gasteiger partial charge in [-0.25, -0.2) is 4.68 Å². The fourth-order valence-corrected chi connectivity index (χ4v) is 5.89. The van der Waals surface area contributed by atoms with Gasteiger partial charge in [0.2, 0.25) is 0 Å². The van der Waals surface area contributed by atoms with Crippen LogP contribution in [0.3, 0.4) is 0 Å². The van der Waals surface area contributed by atoms with Crippen LogP contribution < -0.4 is 4.74 Å². The van der Waals surface area contributed by atoms with E-state index in [1.54, 1.807) is 4.90 Å². The summed E-state index contributed by atoms with van der Waals surface area (Å²) in [5, 5.41) is 5.39. The van der Waals surface area contributed by atoms with E-state index in [0.29, 0.717) is 32.3 Å². The number of thiocarbonyl (C=S) groups is 1. The van der Waals surface area contributed by atoms with Crippen molar-refractivity contribution in [3.8, 4) is 22.7 Å². The maximum Gasteiger partial charge on any atom is 0.266 e. The summed E-state index contributed by atoms with van der Waals surface area (Å²) in [6.07, 6.45) is 4.69. The van der Waals surface area contributed by atoms with Gasteiger partial charge in [-0.1, -0.05) is 91.0 Å². The molecule has 1 saturated heterocycles. The molecule has 38 heavy (non-hydrogen) atoms. The van der Waals surface area contributed by atoms with Crippen LogP contribution >= 0.6 is 35.6 Å². The van der Waals surface area contributed by atoms with Crippen molar-refractivity contribution in [2.45, 2.75) is 26.3 Å². The zero-order valence-corrected chi connectivity index (χ0v) is 23.4. The fourth-order valence-electron chi connectivity index (χ4n) is 4.24. The van der Waals surface area contributed by atoms with Crippen molar-refractivity contribution in [1.82, 2.24) is 14.7 Å². The first-order valence-corrected chi connectivity index (χ1v) is 14.0. The van der Waals surface area contributed by atoms with Crippen molar-refractivity contribution in [3.05, 3.63) is 106 Å². The highest BCUT2D eigenvalue weighted by molar-refractivity contribution is 8.26. The predicted octanol–water partition coefficient (Wildman–Crippen LogP) is 7.94. The van der Waals surface area contributed by atoms with Crippen molar-refractivity contribution in [2.24, 2.45) is 0 Å². The van der Waals surface area contributed by atoms with Gasteiger partial charge in [-0.3, -0.25) is 9.69 Å². The van der Waals surface area contributed by atoms with Crippen LogP contribution in [0.1, 0.15) is 37.4 Å². The molecule has 1 amide bonds. The molecule has 1 aliphatic rings. The Morgan fingerprint density at radius 2 is 1.79 bits per heavy atom. The van der Waals surface area contributed by atoms with Gasteiger partial charge in [0.25, 0.3) is 5.91 Å². The predicted molar refractivity (Wildman–Crippen MR) is 160 cm³/mol. The van der Waals surface area contributed by atoms with Gasteiger partial charge in [0.15, 0.2) is 0 Å². The summed E-state index contributed by atoms with van der Waals surface area (Å²) in [7, 11) is 0. The average Bonchev–Trinajstić information content (AvgIpc) is 3.48. The monoisotopic (exact) mass is 559 g/mol. The molecule has 3 aromatic carbocycles.